The Morgan fingerprint density at radius 3 is 2.47 bits per heavy atom. The van der Waals surface area contributed by atoms with E-state index in [2.05, 4.69) is 42.9 Å². The largest absolute Gasteiger partial charge is 0.316 e. The van der Waals surface area contributed by atoms with Crippen molar-refractivity contribution in [3.8, 4) is 0 Å². The van der Waals surface area contributed by atoms with Gasteiger partial charge in [0, 0.05) is 19.1 Å². The standard InChI is InChI=1S/C16H35N3/c1-15(2)14-17-9-7-8-16(3)18(4)12-13-19-10-5-6-11-19/h15-17H,5-14H2,1-4H3. The van der Waals surface area contributed by atoms with Crippen LogP contribution < -0.4 is 5.32 Å². The summed E-state index contributed by atoms with van der Waals surface area (Å²) in [4.78, 5) is 5.13. The summed E-state index contributed by atoms with van der Waals surface area (Å²) in [7, 11) is 2.28. The van der Waals surface area contributed by atoms with Gasteiger partial charge < -0.3 is 15.1 Å². The Labute approximate surface area is 120 Å². The van der Waals surface area contributed by atoms with Gasteiger partial charge in [-0.1, -0.05) is 13.8 Å². The number of likely N-dealkylation sites (tertiary alicyclic amines) is 1. The molecule has 1 rings (SSSR count). The minimum absolute atomic E-state index is 0.712. The van der Waals surface area contributed by atoms with Crippen molar-refractivity contribution in [2.24, 2.45) is 5.92 Å². The van der Waals surface area contributed by atoms with Crippen molar-refractivity contribution in [3.05, 3.63) is 0 Å². The van der Waals surface area contributed by atoms with Gasteiger partial charge >= 0.3 is 0 Å². The zero-order chi connectivity index (χ0) is 14.1. The molecule has 0 aromatic rings. The highest BCUT2D eigenvalue weighted by Gasteiger charge is 2.14. The van der Waals surface area contributed by atoms with E-state index in [1.807, 2.05) is 0 Å². The molecule has 3 heteroatoms. The van der Waals surface area contributed by atoms with Crippen LogP contribution in [0.4, 0.5) is 0 Å². The summed E-state index contributed by atoms with van der Waals surface area (Å²) >= 11 is 0. The minimum atomic E-state index is 0.712. The highest BCUT2D eigenvalue weighted by molar-refractivity contribution is 4.70. The van der Waals surface area contributed by atoms with Gasteiger partial charge in [-0.3, -0.25) is 0 Å². The topological polar surface area (TPSA) is 18.5 Å². The smallest absolute Gasteiger partial charge is 0.0109 e. The number of hydrogen-bond acceptors (Lipinski definition) is 3. The van der Waals surface area contributed by atoms with Crippen LogP contribution in [0.15, 0.2) is 0 Å². The predicted molar refractivity (Wildman–Crippen MR) is 84.7 cm³/mol. The molecule has 0 spiro atoms. The summed E-state index contributed by atoms with van der Waals surface area (Å²) in [6.07, 6.45) is 5.41. The van der Waals surface area contributed by atoms with Gasteiger partial charge in [-0.05, 0) is 71.8 Å². The Kier molecular flexibility index (Phi) is 8.67. The van der Waals surface area contributed by atoms with Gasteiger partial charge in [-0.15, -0.1) is 0 Å². The Hall–Kier alpha value is -0.120. The van der Waals surface area contributed by atoms with Crippen LogP contribution in [0.5, 0.6) is 0 Å². The molecule has 1 fully saturated rings. The van der Waals surface area contributed by atoms with Gasteiger partial charge in [0.2, 0.25) is 0 Å². The van der Waals surface area contributed by atoms with Crippen molar-refractivity contribution in [1.82, 2.24) is 15.1 Å². The van der Waals surface area contributed by atoms with Crippen LogP contribution in [0.2, 0.25) is 0 Å². The normalized spacial score (nSPS) is 18.6. The maximum atomic E-state index is 3.53. The van der Waals surface area contributed by atoms with Crippen molar-refractivity contribution in [1.29, 1.82) is 0 Å². The molecule has 114 valence electrons. The molecule has 0 bridgehead atoms. The molecule has 3 nitrogen and oxygen atoms in total. The van der Waals surface area contributed by atoms with E-state index < -0.39 is 0 Å². The van der Waals surface area contributed by atoms with Crippen molar-refractivity contribution in [3.63, 3.8) is 0 Å². The zero-order valence-corrected chi connectivity index (χ0v) is 13.6. The fourth-order valence-electron chi connectivity index (χ4n) is 2.66. The molecular formula is C16H35N3. The number of hydrogen-bond donors (Lipinski definition) is 1. The minimum Gasteiger partial charge on any atom is -0.316 e. The molecule has 1 unspecified atom stereocenters. The lowest BCUT2D eigenvalue weighted by Crippen LogP contribution is -2.36. The van der Waals surface area contributed by atoms with Crippen LogP contribution in [-0.2, 0) is 0 Å². The molecule has 1 saturated heterocycles. The van der Waals surface area contributed by atoms with Gasteiger partial charge in [-0.25, -0.2) is 0 Å². The number of rotatable bonds is 10. The lowest BCUT2D eigenvalue weighted by Gasteiger charge is -2.27. The lowest BCUT2D eigenvalue weighted by molar-refractivity contribution is 0.205. The maximum Gasteiger partial charge on any atom is 0.0109 e. The molecule has 19 heavy (non-hydrogen) atoms. The highest BCUT2D eigenvalue weighted by Crippen LogP contribution is 2.08. The highest BCUT2D eigenvalue weighted by atomic mass is 15.2. The molecule has 0 saturated carbocycles. The zero-order valence-electron chi connectivity index (χ0n) is 13.6. The van der Waals surface area contributed by atoms with Gasteiger partial charge in [0.05, 0.1) is 0 Å². The first-order chi connectivity index (χ1) is 9.09. The SMILES string of the molecule is CC(C)CNCCCC(C)N(C)CCN1CCCC1. The molecule has 1 atom stereocenters. The Balaban J connectivity index is 1.99. The first-order valence-corrected chi connectivity index (χ1v) is 8.23. The third-order valence-electron chi connectivity index (χ3n) is 4.25. The molecule has 0 aromatic carbocycles. The fraction of sp³-hybridized carbons (Fsp3) is 1.00. The van der Waals surface area contributed by atoms with E-state index in [0.717, 1.165) is 12.5 Å². The number of nitrogens with zero attached hydrogens (tertiary/aromatic N) is 2. The molecule has 0 amide bonds. The van der Waals surface area contributed by atoms with E-state index in [1.165, 1.54) is 58.4 Å². The fourth-order valence-corrected chi connectivity index (χ4v) is 2.66. The summed E-state index contributed by atoms with van der Waals surface area (Å²) in [5.74, 6) is 0.764. The van der Waals surface area contributed by atoms with E-state index in [0.29, 0.717) is 6.04 Å². The monoisotopic (exact) mass is 269 g/mol. The molecule has 1 heterocycles. The molecule has 0 radical (unpaired) electrons. The Morgan fingerprint density at radius 2 is 1.84 bits per heavy atom. The second kappa shape index (κ2) is 9.73. The third-order valence-corrected chi connectivity index (χ3v) is 4.25. The molecule has 1 N–H and O–H groups in total. The number of likely N-dealkylation sites (N-methyl/N-ethyl adjacent to an activating group) is 1. The van der Waals surface area contributed by atoms with E-state index in [1.54, 1.807) is 0 Å². The maximum absolute atomic E-state index is 3.53. The van der Waals surface area contributed by atoms with E-state index >= 15 is 0 Å². The van der Waals surface area contributed by atoms with Crippen LogP contribution in [0.25, 0.3) is 0 Å². The molecule has 1 aliphatic heterocycles. The molecule has 1 aliphatic rings. The molecule has 0 aromatic heterocycles. The van der Waals surface area contributed by atoms with Crippen molar-refractivity contribution in [2.45, 2.75) is 52.5 Å². The second-order valence-electron chi connectivity index (χ2n) is 6.62. The first kappa shape index (κ1) is 16.9. The van der Waals surface area contributed by atoms with Crippen molar-refractivity contribution >= 4 is 0 Å². The van der Waals surface area contributed by atoms with E-state index in [9.17, 15) is 0 Å². The van der Waals surface area contributed by atoms with Gasteiger partial charge in [-0.2, -0.15) is 0 Å². The third kappa shape index (κ3) is 7.91. The van der Waals surface area contributed by atoms with Crippen LogP contribution in [-0.4, -0.2) is 62.2 Å². The quantitative estimate of drug-likeness (QED) is 0.615. The van der Waals surface area contributed by atoms with Gasteiger partial charge in [0.1, 0.15) is 0 Å². The van der Waals surface area contributed by atoms with Crippen LogP contribution >= 0.6 is 0 Å². The number of nitrogens with one attached hydrogen (secondary N) is 1. The van der Waals surface area contributed by atoms with Crippen LogP contribution in [0.1, 0.15) is 46.5 Å². The first-order valence-electron chi connectivity index (χ1n) is 8.23. The van der Waals surface area contributed by atoms with Crippen LogP contribution in [0.3, 0.4) is 0 Å². The van der Waals surface area contributed by atoms with Crippen molar-refractivity contribution < 1.29 is 0 Å². The van der Waals surface area contributed by atoms with E-state index in [4.69, 9.17) is 0 Å². The lowest BCUT2D eigenvalue weighted by atomic mass is 10.1. The van der Waals surface area contributed by atoms with E-state index in [-0.39, 0.29) is 0 Å². The Bertz CT molecular complexity index is 212. The summed E-state index contributed by atoms with van der Waals surface area (Å²) in [6.45, 7) is 14.3. The Morgan fingerprint density at radius 1 is 1.16 bits per heavy atom. The molecule has 0 aliphatic carbocycles. The van der Waals surface area contributed by atoms with Crippen molar-refractivity contribution in [2.75, 3.05) is 46.3 Å². The molecular weight excluding hydrogens is 234 g/mol. The second-order valence-corrected chi connectivity index (χ2v) is 6.62. The average molecular weight is 269 g/mol. The van der Waals surface area contributed by atoms with Gasteiger partial charge in [0.25, 0.3) is 0 Å². The average Bonchev–Trinajstić information content (AvgIpc) is 2.88. The predicted octanol–water partition coefficient (Wildman–Crippen LogP) is 2.43. The summed E-state index contributed by atoms with van der Waals surface area (Å²) in [6, 6.07) is 0.712. The summed E-state index contributed by atoms with van der Waals surface area (Å²) in [5, 5.41) is 3.53. The van der Waals surface area contributed by atoms with Crippen LogP contribution in [0, 0.1) is 5.92 Å². The summed E-state index contributed by atoms with van der Waals surface area (Å²) in [5.41, 5.74) is 0. The van der Waals surface area contributed by atoms with Gasteiger partial charge in [0.15, 0.2) is 0 Å². The summed E-state index contributed by atoms with van der Waals surface area (Å²) < 4.78 is 0.